The quantitative estimate of drug-likeness (QED) is 0.528. The van der Waals surface area contributed by atoms with Crippen LogP contribution in [0.1, 0.15) is 12.8 Å². The number of benzene rings is 2. The number of hydrogen-bond acceptors (Lipinski definition) is 6. The number of piperazine rings is 1. The molecule has 0 aliphatic carbocycles. The summed E-state index contributed by atoms with van der Waals surface area (Å²) < 4.78 is 5.51. The number of piperidine rings is 1. The molecule has 0 atom stereocenters. The molecule has 3 aromatic rings. The maximum Gasteiger partial charge on any atom is 0.225 e. The number of rotatable bonds is 5. The number of halogens is 1. The summed E-state index contributed by atoms with van der Waals surface area (Å²) in [5, 5.41) is 9.55. The van der Waals surface area contributed by atoms with Gasteiger partial charge in [-0.15, -0.1) is 10.2 Å². The zero-order valence-electron chi connectivity index (χ0n) is 19.9. The molecular formula is C27H30ClN5O2. The Bertz CT molecular complexity index is 1140. The third kappa shape index (κ3) is 5.20. The fraction of sp³-hybridized carbons (Fsp3) is 0.370. The molecule has 2 aromatic carbocycles. The van der Waals surface area contributed by atoms with Crippen molar-refractivity contribution in [3.05, 3.63) is 65.7 Å². The Balaban J connectivity index is 1.13. The van der Waals surface area contributed by atoms with Gasteiger partial charge in [0.15, 0.2) is 5.82 Å². The van der Waals surface area contributed by atoms with Crippen LogP contribution in [0.2, 0.25) is 5.02 Å². The molecule has 0 radical (unpaired) electrons. The van der Waals surface area contributed by atoms with Crippen LogP contribution in [0.25, 0.3) is 11.3 Å². The molecule has 2 aliphatic heterocycles. The number of carbonyl (C=O) groups is 1. The number of para-hydroxylation sites is 2. The summed E-state index contributed by atoms with van der Waals surface area (Å²) in [7, 11) is 1.70. The van der Waals surface area contributed by atoms with Crippen molar-refractivity contribution in [2.75, 3.05) is 56.2 Å². The lowest BCUT2D eigenvalue weighted by atomic mass is 9.95. The number of methoxy groups -OCH3 is 1. The summed E-state index contributed by atoms with van der Waals surface area (Å²) in [4.78, 5) is 19.8. The van der Waals surface area contributed by atoms with E-state index in [1.54, 1.807) is 7.11 Å². The van der Waals surface area contributed by atoms with E-state index in [0.29, 0.717) is 5.02 Å². The summed E-state index contributed by atoms with van der Waals surface area (Å²) in [6.45, 7) is 4.75. The summed E-state index contributed by atoms with van der Waals surface area (Å²) in [6.07, 6.45) is 1.68. The van der Waals surface area contributed by atoms with Crippen molar-refractivity contribution in [2.24, 2.45) is 5.92 Å². The van der Waals surface area contributed by atoms with Gasteiger partial charge in [0.1, 0.15) is 5.75 Å². The summed E-state index contributed by atoms with van der Waals surface area (Å²) in [5.74, 6) is 2.10. The number of carbonyl (C=O) groups excluding carboxylic acids is 1. The van der Waals surface area contributed by atoms with E-state index in [9.17, 15) is 4.79 Å². The van der Waals surface area contributed by atoms with Crippen molar-refractivity contribution < 1.29 is 9.53 Å². The van der Waals surface area contributed by atoms with Crippen molar-refractivity contribution in [3.8, 4) is 17.0 Å². The van der Waals surface area contributed by atoms with E-state index in [-0.39, 0.29) is 11.8 Å². The van der Waals surface area contributed by atoms with Crippen LogP contribution >= 0.6 is 11.6 Å². The van der Waals surface area contributed by atoms with Crippen LogP contribution < -0.4 is 14.5 Å². The van der Waals surface area contributed by atoms with Crippen LogP contribution in [0, 0.1) is 5.92 Å². The van der Waals surface area contributed by atoms with Crippen molar-refractivity contribution in [2.45, 2.75) is 12.8 Å². The van der Waals surface area contributed by atoms with Crippen molar-refractivity contribution in [3.63, 3.8) is 0 Å². The van der Waals surface area contributed by atoms with Crippen LogP contribution in [0.4, 0.5) is 11.5 Å². The number of ether oxygens (including phenoxy) is 1. The van der Waals surface area contributed by atoms with Gasteiger partial charge in [0, 0.05) is 55.8 Å². The zero-order chi connectivity index (χ0) is 24.2. The summed E-state index contributed by atoms with van der Waals surface area (Å²) in [5.41, 5.74) is 2.91. The van der Waals surface area contributed by atoms with Gasteiger partial charge in [0.25, 0.3) is 0 Å². The highest BCUT2D eigenvalue weighted by Crippen LogP contribution is 2.29. The van der Waals surface area contributed by atoms with E-state index >= 15 is 0 Å². The van der Waals surface area contributed by atoms with Crippen molar-refractivity contribution in [1.29, 1.82) is 0 Å². The third-order valence-corrected chi connectivity index (χ3v) is 7.23. The van der Waals surface area contributed by atoms with E-state index in [2.05, 4.69) is 26.1 Å². The molecule has 1 amide bonds. The lowest BCUT2D eigenvalue weighted by molar-refractivity contribution is -0.136. The number of aromatic nitrogens is 2. The van der Waals surface area contributed by atoms with Crippen LogP contribution in [0.3, 0.4) is 0 Å². The minimum absolute atomic E-state index is 0.0744. The van der Waals surface area contributed by atoms with Gasteiger partial charge in [-0.3, -0.25) is 4.79 Å². The van der Waals surface area contributed by atoms with E-state index in [4.69, 9.17) is 16.3 Å². The Morgan fingerprint density at radius 2 is 1.57 bits per heavy atom. The molecule has 2 aliphatic rings. The van der Waals surface area contributed by atoms with Crippen molar-refractivity contribution in [1.82, 2.24) is 15.1 Å². The lowest BCUT2D eigenvalue weighted by Gasteiger charge is -2.39. The minimum atomic E-state index is 0.0744. The molecular weight excluding hydrogens is 462 g/mol. The second-order valence-electron chi connectivity index (χ2n) is 9.03. The molecule has 35 heavy (non-hydrogen) atoms. The summed E-state index contributed by atoms with van der Waals surface area (Å²) in [6, 6.07) is 19.7. The van der Waals surface area contributed by atoms with Crippen molar-refractivity contribution >= 4 is 29.0 Å². The van der Waals surface area contributed by atoms with E-state index < -0.39 is 0 Å². The first kappa shape index (κ1) is 23.4. The molecule has 2 saturated heterocycles. The lowest BCUT2D eigenvalue weighted by Crippen LogP contribution is -2.51. The van der Waals surface area contributed by atoms with Gasteiger partial charge in [0.2, 0.25) is 5.91 Å². The third-order valence-electron chi connectivity index (χ3n) is 6.98. The minimum Gasteiger partial charge on any atom is -0.495 e. The maximum absolute atomic E-state index is 13.2. The van der Waals surface area contributed by atoms with E-state index in [1.807, 2.05) is 59.5 Å². The highest BCUT2D eigenvalue weighted by Gasteiger charge is 2.31. The Morgan fingerprint density at radius 1 is 0.857 bits per heavy atom. The molecule has 0 bridgehead atoms. The number of anilines is 2. The van der Waals surface area contributed by atoms with Gasteiger partial charge in [-0.1, -0.05) is 35.9 Å². The second-order valence-corrected chi connectivity index (χ2v) is 9.47. The van der Waals surface area contributed by atoms with Gasteiger partial charge >= 0.3 is 0 Å². The molecule has 0 saturated carbocycles. The molecule has 1 aromatic heterocycles. The Kier molecular flexibility index (Phi) is 7.04. The predicted molar refractivity (Wildman–Crippen MR) is 139 cm³/mol. The maximum atomic E-state index is 13.2. The highest BCUT2D eigenvalue weighted by molar-refractivity contribution is 6.30. The highest BCUT2D eigenvalue weighted by atomic mass is 35.5. The Morgan fingerprint density at radius 3 is 2.23 bits per heavy atom. The van der Waals surface area contributed by atoms with Gasteiger partial charge in [-0.05, 0) is 49.2 Å². The molecule has 182 valence electrons. The molecule has 0 unspecified atom stereocenters. The average molecular weight is 492 g/mol. The second kappa shape index (κ2) is 10.5. The first-order chi connectivity index (χ1) is 17.1. The molecule has 8 heteroatoms. The fourth-order valence-electron chi connectivity index (χ4n) is 4.94. The van der Waals surface area contributed by atoms with Crippen LogP contribution in [0.15, 0.2) is 60.7 Å². The molecule has 5 rings (SSSR count). The number of nitrogens with zero attached hydrogens (tertiary/aromatic N) is 5. The van der Waals surface area contributed by atoms with Gasteiger partial charge in [0.05, 0.1) is 18.5 Å². The number of hydrogen-bond donors (Lipinski definition) is 0. The molecule has 7 nitrogen and oxygen atoms in total. The molecule has 0 spiro atoms. The van der Waals surface area contributed by atoms with E-state index in [0.717, 1.165) is 80.6 Å². The smallest absolute Gasteiger partial charge is 0.225 e. The van der Waals surface area contributed by atoms with Crippen LogP contribution in [0.5, 0.6) is 5.75 Å². The first-order valence-corrected chi connectivity index (χ1v) is 12.5. The standard InChI is InChI=1S/C27H30ClN5O2/c1-35-25-5-3-2-4-24(25)31-16-18-33(19-17-31)27(34)21-12-14-32(15-13-21)26-11-10-23(29-30-26)20-6-8-22(28)9-7-20/h2-11,21H,12-19H2,1H3. The SMILES string of the molecule is COc1ccccc1N1CCN(C(=O)C2CCN(c3ccc(-c4ccc(Cl)cc4)nn3)CC2)CC1. The van der Waals surface area contributed by atoms with Gasteiger partial charge < -0.3 is 19.4 Å². The Hall–Kier alpha value is -3.32. The zero-order valence-corrected chi connectivity index (χ0v) is 20.7. The topological polar surface area (TPSA) is 61.8 Å². The van der Waals surface area contributed by atoms with Crippen LogP contribution in [-0.4, -0.2) is 67.4 Å². The van der Waals surface area contributed by atoms with Gasteiger partial charge in [-0.25, -0.2) is 0 Å². The normalized spacial score (nSPS) is 16.9. The number of amides is 1. The largest absolute Gasteiger partial charge is 0.495 e. The summed E-state index contributed by atoms with van der Waals surface area (Å²) >= 11 is 5.98. The van der Waals surface area contributed by atoms with Gasteiger partial charge in [-0.2, -0.15) is 0 Å². The average Bonchev–Trinajstić information content (AvgIpc) is 2.93. The molecule has 3 heterocycles. The molecule has 2 fully saturated rings. The van der Waals surface area contributed by atoms with E-state index in [1.165, 1.54) is 0 Å². The van der Waals surface area contributed by atoms with Crippen LogP contribution in [-0.2, 0) is 4.79 Å². The molecule has 0 N–H and O–H groups in total. The predicted octanol–water partition coefficient (Wildman–Crippen LogP) is 4.37. The fourth-order valence-corrected chi connectivity index (χ4v) is 5.07. The first-order valence-electron chi connectivity index (χ1n) is 12.1. The monoisotopic (exact) mass is 491 g/mol. The Labute approximate surface area is 211 Å².